The maximum Gasteiger partial charge on any atom is 0.313 e. The molecule has 0 radical (unpaired) electrons. The third-order valence-electron chi connectivity index (χ3n) is 4.88. The van der Waals surface area contributed by atoms with Crippen LogP contribution in [0, 0.1) is 0 Å². The molecule has 0 saturated heterocycles. The summed E-state index contributed by atoms with van der Waals surface area (Å²) in [7, 11) is 0. The lowest BCUT2D eigenvalue weighted by Crippen LogP contribution is -2.28. The van der Waals surface area contributed by atoms with Crippen molar-refractivity contribution >= 4 is 11.9 Å². The molecule has 0 amide bonds. The molecule has 0 spiro atoms. The van der Waals surface area contributed by atoms with Crippen molar-refractivity contribution in [1.82, 2.24) is 0 Å². The third-order valence-corrected chi connectivity index (χ3v) is 4.88. The molecule has 0 heterocycles. The summed E-state index contributed by atoms with van der Waals surface area (Å²) < 4.78 is 4.55. The number of carbonyl (C=O) groups excluding carboxylic acids is 2. The Morgan fingerprint density at radius 2 is 0.964 bits per heavy atom. The summed E-state index contributed by atoms with van der Waals surface area (Å²) in [5, 5.41) is 26.0. The fourth-order valence-corrected chi connectivity index (χ4v) is 3.14. The van der Waals surface area contributed by atoms with Crippen LogP contribution in [0.3, 0.4) is 0 Å². The molecule has 0 aliphatic rings. The zero-order valence-corrected chi connectivity index (χ0v) is 17.8. The van der Waals surface area contributed by atoms with Gasteiger partial charge >= 0.3 is 11.9 Å². The number of ether oxygens (including phenoxy) is 1. The first-order chi connectivity index (χ1) is 13.3. The molecule has 0 aliphatic heterocycles. The van der Waals surface area contributed by atoms with Gasteiger partial charge in [0, 0.05) is 12.8 Å². The molecule has 0 unspecified atom stereocenters. The van der Waals surface area contributed by atoms with E-state index in [1.165, 1.54) is 77.0 Å². The second-order valence-corrected chi connectivity index (χ2v) is 7.82. The number of hydrogen-bond acceptors (Lipinski definition) is 6. The van der Waals surface area contributed by atoms with Gasteiger partial charge in [-0.25, -0.2) is 0 Å². The van der Waals surface area contributed by atoms with Crippen molar-refractivity contribution in [3.63, 3.8) is 0 Å². The highest BCUT2D eigenvalue weighted by atomic mass is 16.7. The van der Waals surface area contributed by atoms with Crippen molar-refractivity contribution in [3.8, 4) is 0 Å². The van der Waals surface area contributed by atoms with Crippen molar-refractivity contribution < 1.29 is 29.6 Å². The standard InChI is InChI=1S/C22H42O6/c1-2-3-4-5-6-7-8-9-10-11-12-13-14-15-16-17-20(23)28-21(24)18-19-22(25,26)27/h25-27H,2-19H2,1H3. The maximum atomic E-state index is 11.5. The maximum absolute atomic E-state index is 11.5. The van der Waals surface area contributed by atoms with Crippen LogP contribution in [0.25, 0.3) is 0 Å². The predicted molar refractivity (Wildman–Crippen MR) is 109 cm³/mol. The van der Waals surface area contributed by atoms with Crippen LogP contribution >= 0.6 is 0 Å². The molecule has 28 heavy (non-hydrogen) atoms. The van der Waals surface area contributed by atoms with E-state index < -0.39 is 30.8 Å². The quantitative estimate of drug-likeness (QED) is 0.125. The number of aliphatic hydroxyl groups is 3. The molecule has 0 rings (SSSR count). The number of esters is 2. The smallest absolute Gasteiger partial charge is 0.313 e. The Hall–Kier alpha value is -0.980. The summed E-state index contributed by atoms with van der Waals surface area (Å²) in [5.74, 6) is -4.36. The normalized spacial score (nSPS) is 11.6. The average molecular weight is 403 g/mol. The highest BCUT2D eigenvalue weighted by Crippen LogP contribution is 2.14. The van der Waals surface area contributed by atoms with Crippen LogP contribution in [0.2, 0.25) is 0 Å². The van der Waals surface area contributed by atoms with Gasteiger partial charge in [0.05, 0.1) is 6.42 Å². The van der Waals surface area contributed by atoms with Crippen LogP contribution < -0.4 is 0 Å². The number of rotatable bonds is 19. The van der Waals surface area contributed by atoms with E-state index >= 15 is 0 Å². The van der Waals surface area contributed by atoms with E-state index in [0.29, 0.717) is 6.42 Å². The first-order valence-electron chi connectivity index (χ1n) is 11.3. The molecule has 0 aliphatic carbocycles. The Balaban J connectivity index is 3.30. The van der Waals surface area contributed by atoms with Crippen molar-refractivity contribution in [1.29, 1.82) is 0 Å². The highest BCUT2D eigenvalue weighted by Gasteiger charge is 2.21. The van der Waals surface area contributed by atoms with Gasteiger partial charge in [0.1, 0.15) is 0 Å². The first-order valence-corrected chi connectivity index (χ1v) is 11.3. The second kappa shape index (κ2) is 18.1. The minimum Gasteiger partial charge on any atom is -0.393 e. The molecule has 0 bridgehead atoms. The van der Waals surface area contributed by atoms with Crippen molar-refractivity contribution in [2.45, 2.75) is 128 Å². The van der Waals surface area contributed by atoms with Gasteiger partial charge in [0.2, 0.25) is 0 Å². The van der Waals surface area contributed by atoms with E-state index in [4.69, 9.17) is 15.3 Å². The van der Waals surface area contributed by atoms with Crippen LogP contribution in [0.4, 0.5) is 0 Å². The van der Waals surface area contributed by atoms with Crippen LogP contribution in [-0.4, -0.2) is 33.2 Å². The summed E-state index contributed by atoms with van der Waals surface area (Å²) in [4.78, 5) is 22.8. The second-order valence-electron chi connectivity index (χ2n) is 7.82. The molecule has 0 fully saturated rings. The molecule has 3 N–H and O–H groups in total. The van der Waals surface area contributed by atoms with E-state index in [-0.39, 0.29) is 6.42 Å². The van der Waals surface area contributed by atoms with E-state index in [9.17, 15) is 9.59 Å². The Labute approximate surface area is 170 Å². The number of carbonyl (C=O) groups is 2. The third kappa shape index (κ3) is 21.3. The van der Waals surface area contributed by atoms with E-state index in [2.05, 4.69) is 11.7 Å². The van der Waals surface area contributed by atoms with E-state index in [0.717, 1.165) is 12.8 Å². The topological polar surface area (TPSA) is 104 Å². The Morgan fingerprint density at radius 1 is 0.607 bits per heavy atom. The molecule has 0 saturated carbocycles. The number of hydrogen-bond donors (Lipinski definition) is 3. The fraction of sp³-hybridized carbons (Fsp3) is 0.909. The van der Waals surface area contributed by atoms with E-state index in [1.54, 1.807) is 0 Å². The SMILES string of the molecule is CCCCCCCCCCCCCCCCCC(=O)OC(=O)CCC(O)(O)O. The molecule has 0 atom stereocenters. The summed E-state index contributed by atoms with van der Waals surface area (Å²) in [6.45, 7) is 2.25. The van der Waals surface area contributed by atoms with Gasteiger partial charge in [-0.15, -0.1) is 0 Å². The Kier molecular flexibility index (Phi) is 17.4. The summed E-state index contributed by atoms with van der Waals surface area (Å²) >= 11 is 0. The van der Waals surface area contributed by atoms with Crippen molar-refractivity contribution in [2.24, 2.45) is 0 Å². The predicted octanol–water partition coefficient (Wildman–Crippen LogP) is 4.73. The number of unbranched alkanes of at least 4 members (excludes halogenated alkanes) is 14. The van der Waals surface area contributed by atoms with Gasteiger partial charge in [-0.1, -0.05) is 96.8 Å². The molecular weight excluding hydrogens is 360 g/mol. The molecule has 0 aromatic heterocycles. The van der Waals surface area contributed by atoms with Crippen LogP contribution in [-0.2, 0) is 14.3 Å². The van der Waals surface area contributed by atoms with Gasteiger partial charge < -0.3 is 20.1 Å². The molecule has 6 nitrogen and oxygen atoms in total. The summed E-state index contributed by atoms with van der Waals surface area (Å²) in [5.41, 5.74) is 0. The van der Waals surface area contributed by atoms with Crippen LogP contribution in [0.5, 0.6) is 0 Å². The zero-order valence-electron chi connectivity index (χ0n) is 17.8. The lowest BCUT2D eigenvalue weighted by molar-refractivity contribution is -0.314. The molecule has 0 aromatic rings. The lowest BCUT2D eigenvalue weighted by Gasteiger charge is -2.12. The van der Waals surface area contributed by atoms with Gasteiger partial charge in [-0.2, -0.15) is 0 Å². The largest absolute Gasteiger partial charge is 0.393 e. The minimum atomic E-state index is -2.91. The Morgan fingerprint density at radius 3 is 1.36 bits per heavy atom. The van der Waals surface area contributed by atoms with Crippen LogP contribution in [0.15, 0.2) is 0 Å². The van der Waals surface area contributed by atoms with Crippen molar-refractivity contribution in [2.75, 3.05) is 0 Å². The first kappa shape index (κ1) is 27.0. The van der Waals surface area contributed by atoms with Crippen molar-refractivity contribution in [3.05, 3.63) is 0 Å². The minimum absolute atomic E-state index is 0.187. The molecular formula is C22H42O6. The summed E-state index contributed by atoms with van der Waals surface area (Å²) in [6.07, 6.45) is 17.9. The Bertz CT molecular complexity index is 389. The van der Waals surface area contributed by atoms with Gasteiger partial charge in [-0.3, -0.25) is 9.59 Å². The fourth-order valence-electron chi connectivity index (χ4n) is 3.14. The monoisotopic (exact) mass is 402 g/mol. The van der Waals surface area contributed by atoms with Gasteiger partial charge in [0.25, 0.3) is 5.97 Å². The lowest BCUT2D eigenvalue weighted by atomic mass is 10.0. The van der Waals surface area contributed by atoms with E-state index in [1.807, 2.05) is 0 Å². The average Bonchev–Trinajstić information content (AvgIpc) is 2.62. The molecule has 0 aromatic carbocycles. The highest BCUT2D eigenvalue weighted by molar-refractivity contribution is 5.85. The molecule has 166 valence electrons. The molecule has 6 heteroatoms. The van der Waals surface area contributed by atoms with Gasteiger partial charge in [0.15, 0.2) is 0 Å². The summed E-state index contributed by atoms with van der Waals surface area (Å²) in [6, 6.07) is 0. The van der Waals surface area contributed by atoms with Crippen LogP contribution in [0.1, 0.15) is 122 Å². The zero-order chi connectivity index (χ0) is 21.1. The van der Waals surface area contributed by atoms with Gasteiger partial charge in [-0.05, 0) is 6.42 Å².